The van der Waals surface area contributed by atoms with E-state index < -0.39 is 30.1 Å². The average Bonchev–Trinajstić information content (AvgIpc) is 3.19. The van der Waals surface area contributed by atoms with Crippen molar-refractivity contribution >= 4 is 18.0 Å². The highest BCUT2D eigenvalue weighted by molar-refractivity contribution is 5.90. The molecule has 2 atom stereocenters. The zero-order chi connectivity index (χ0) is 24.8. The highest BCUT2D eigenvalue weighted by atomic mass is 16.5. The summed E-state index contributed by atoms with van der Waals surface area (Å²) >= 11 is 0. The van der Waals surface area contributed by atoms with E-state index in [0.717, 1.165) is 22.3 Å². The van der Waals surface area contributed by atoms with Crippen LogP contribution < -0.4 is 10.6 Å². The molecule has 180 valence electrons. The van der Waals surface area contributed by atoms with Gasteiger partial charge in [0.15, 0.2) is 6.04 Å². The van der Waals surface area contributed by atoms with E-state index in [-0.39, 0.29) is 19.1 Å². The van der Waals surface area contributed by atoms with Crippen molar-refractivity contribution in [3.63, 3.8) is 0 Å². The van der Waals surface area contributed by atoms with Crippen LogP contribution in [0.4, 0.5) is 4.79 Å². The maximum atomic E-state index is 12.8. The Bertz CT molecular complexity index is 1170. The van der Waals surface area contributed by atoms with Crippen molar-refractivity contribution in [3.8, 4) is 11.1 Å². The van der Waals surface area contributed by atoms with Crippen molar-refractivity contribution in [1.82, 2.24) is 10.6 Å². The molecule has 8 nitrogen and oxygen atoms in total. The number of carboxylic acid groups (broad SMARTS) is 1. The van der Waals surface area contributed by atoms with Crippen LogP contribution in [-0.2, 0) is 19.1 Å². The number of alkyl carbamates (subject to hydrolysis) is 1. The highest BCUT2D eigenvalue weighted by Crippen LogP contribution is 2.44. The van der Waals surface area contributed by atoms with Crippen LogP contribution in [0.2, 0.25) is 0 Å². The van der Waals surface area contributed by atoms with Gasteiger partial charge in [-0.3, -0.25) is 4.79 Å². The van der Waals surface area contributed by atoms with E-state index in [2.05, 4.69) is 10.6 Å². The number of hydrogen-bond donors (Lipinski definition) is 3. The number of methoxy groups -OCH3 is 1. The van der Waals surface area contributed by atoms with Crippen LogP contribution in [0.5, 0.6) is 0 Å². The molecule has 0 aliphatic heterocycles. The highest BCUT2D eigenvalue weighted by Gasteiger charge is 2.31. The molecule has 1 aliphatic carbocycles. The Morgan fingerprint density at radius 2 is 1.43 bits per heavy atom. The maximum absolute atomic E-state index is 12.8. The molecule has 3 aromatic rings. The van der Waals surface area contributed by atoms with Crippen molar-refractivity contribution in [2.24, 2.45) is 0 Å². The van der Waals surface area contributed by atoms with Gasteiger partial charge in [-0.1, -0.05) is 78.9 Å². The number of amides is 2. The van der Waals surface area contributed by atoms with Crippen LogP contribution in [0.15, 0.2) is 78.9 Å². The molecule has 2 unspecified atom stereocenters. The first-order valence-corrected chi connectivity index (χ1v) is 11.2. The molecule has 4 rings (SSSR count). The summed E-state index contributed by atoms with van der Waals surface area (Å²) in [7, 11) is 1.38. The molecular weight excluding hydrogens is 448 g/mol. The van der Waals surface area contributed by atoms with Gasteiger partial charge in [-0.2, -0.15) is 0 Å². The Morgan fingerprint density at radius 3 is 2.00 bits per heavy atom. The molecule has 3 N–H and O–H groups in total. The summed E-state index contributed by atoms with van der Waals surface area (Å²) in [6.45, 7) is -0.0693. The molecule has 0 saturated carbocycles. The number of rotatable bonds is 9. The second kappa shape index (κ2) is 10.8. The lowest BCUT2D eigenvalue weighted by molar-refractivity contribution is -0.142. The first-order valence-electron chi connectivity index (χ1n) is 11.2. The predicted octanol–water partition coefficient (Wildman–Crippen LogP) is 3.48. The predicted molar refractivity (Wildman–Crippen MR) is 129 cm³/mol. The molecule has 0 spiro atoms. The number of ether oxygens (including phenoxy) is 2. The molecule has 3 aromatic carbocycles. The first kappa shape index (κ1) is 24.0. The zero-order valence-electron chi connectivity index (χ0n) is 19.1. The molecule has 1 aliphatic rings. The van der Waals surface area contributed by atoms with E-state index in [0.29, 0.717) is 5.56 Å². The zero-order valence-corrected chi connectivity index (χ0v) is 19.1. The number of fused-ring (bicyclic) bond motifs is 3. The smallest absolute Gasteiger partial charge is 0.407 e. The van der Waals surface area contributed by atoms with Crippen LogP contribution >= 0.6 is 0 Å². The van der Waals surface area contributed by atoms with Crippen LogP contribution in [0.1, 0.15) is 28.7 Å². The molecule has 0 saturated heterocycles. The van der Waals surface area contributed by atoms with Crippen molar-refractivity contribution < 1.29 is 29.0 Å². The molecule has 0 bridgehead atoms. The second-order valence-electron chi connectivity index (χ2n) is 8.17. The third-order valence-corrected chi connectivity index (χ3v) is 5.95. The number of carboxylic acids is 1. The first-order chi connectivity index (χ1) is 17.0. The monoisotopic (exact) mass is 474 g/mol. The SMILES string of the molecule is COCC(NC(=O)OCC1c2ccccc2-c2ccccc21)C(=O)NC(C(=O)O)c1ccccc1. The number of carbonyl (C=O) groups excluding carboxylic acids is 2. The van der Waals surface area contributed by atoms with Crippen molar-refractivity contribution in [3.05, 3.63) is 95.6 Å². The fraction of sp³-hybridized carbons (Fsp3) is 0.222. The molecule has 0 radical (unpaired) electrons. The molecule has 0 heterocycles. The number of aliphatic carboxylic acids is 1. The van der Waals surface area contributed by atoms with E-state index in [4.69, 9.17) is 9.47 Å². The minimum Gasteiger partial charge on any atom is -0.479 e. The summed E-state index contributed by atoms with van der Waals surface area (Å²) in [5.41, 5.74) is 4.76. The lowest BCUT2D eigenvalue weighted by Crippen LogP contribution is -2.51. The van der Waals surface area contributed by atoms with Gasteiger partial charge in [0.05, 0.1) is 6.61 Å². The average molecular weight is 475 g/mol. The van der Waals surface area contributed by atoms with E-state index in [1.807, 2.05) is 48.5 Å². The van der Waals surface area contributed by atoms with Gasteiger partial charge in [0.2, 0.25) is 5.91 Å². The van der Waals surface area contributed by atoms with E-state index in [9.17, 15) is 19.5 Å². The van der Waals surface area contributed by atoms with E-state index in [1.54, 1.807) is 30.3 Å². The standard InChI is InChI=1S/C27H26N2O6/c1-34-16-23(25(30)29-24(26(31)32)17-9-3-2-4-10-17)28-27(33)35-15-22-20-13-7-5-11-18(20)19-12-6-8-14-21(19)22/h2-14,22-24H,15-16H2,1H3,(H,28,33)(H,29,30)(H,31,32). The van der Waals surface area contributed by atoms with Crippen LogP contribution in [0.25, 0.3) is 11.1 Å². The number of benzene rings is 3. The third-order valence-electron chi connectivity index (χ3n) is 5.95. The van der Waals surface area contributed by atoms with Crippen molar-refractivity contribution in [2.45, 2.75) is 18.0 Å². The van der Waals surface area contributed by atoms with Gasteiger partial charge < -0.3 is 25.2 Å². The van der Waals surface area contributed by atoms with Gasteiger partial charge in [-0.25, -0.2) is 9.59 Å². The molecular formula is C27H26N2O6. The van der Waals surface area contributed by atoms with Gasteiger partial charge in [0, 0.05) is 13.0 Å². The summed E-state index contributed by atoms with van der Waals surface area (Å²) in [4.78, 5) is 37.2. The number of carbonyl (C=O) groups is 3. The van der Waals surface area contributed by atoms with Gasteiger partial charge in [0.25, 0.3) is 0 Å². The summed E-state index contributed by atoms with van der Waals surface area (Å²) in [6, 6.07) is 21.8. The molecule has 0 fully saturated rings. The topological polar surface area (TPSA) is 114 Å². The summed E-state index contributed by atoms with van der Waals surface area (Å²) in [5.74, 6) is -2.05. The molecule has 8 heteroatoms. The minimum absolute atomic E-state index is 0.0863. The van der Waals surface area contributed by atoms with Crippen LogP contribution in [-0.4, -0.2) is 49.4 Å². The Kier molecular flexibility index (Phi) is 7.42. The largest absolute Gasteiger partial charge is 0.479 e. The fourth-order valence-electron chi connectivity index (χ4n) is 4.31. The molecule has 35 heavy (non-hydrogen) atoms. The lowest BCUT2D eigenvalue weighted by Gasteiger charge is -2.21. The van der Waals surface area contributed by atoms with Gasteiger partial charge in [-0.15, -0.1) is 0 Å². The maximum Gasteiger partial charge on any atom is 0.407 e. The quantitative estimate of drug-likeness (QED) is 0.438. The van der Waals surface area contributed by atoms with E-state index >= 15 is 0 Å². The Balaban J connectivity index is 1.41. The van der Waals surface area contributed by atoms with E-state index in [1.165, 1.54) is 7.11 Å². The molecule has 2 amide bonds. The second-order valence-corrected chi connectivity index (χ2v) is 8.17. The van der Waals surface area contributed by atoms with Gasteiger partial charge in [0.1, 0.15) is 12.6 Å². The Hall–Kier alpha value is -4.17. The normalized spacial score (nSPS) is 13.7. The third kappa shape index (κ3) is 5.33. The fourth-order valence-corrected chi connectivity index (χ4v) is 4.31. The van der Waals surface area contributed by atoms with Crippen LogP contribution in [0, 0.1) is 0 Å². The lowest BCUT2D eigenvalue weighted by atomic mass is 9.98. The van der Waals surface area contributed by atoms with Crippen molar-refractivity contribution in [1.29, 1.82) is 0 Å². The number of hydrogen-bond acceptors (Lipinski definition) is 5. The molecule has 0 aromatic heterocycles. The van der Waals surface area contributed by atoms with Gasteiger partial charge in [-0.05, 0) is 27.8 Å². The Labute approximate surface area is 202 Å². The summed E-state index contributed by atoms with van der Waals surface area (Å²) in [5, 5.41) is 14.5. The summed E-state index contributed by atoms with van der Waals surface area (Å²) in [6.07, 6.45) is -0.796. The Morgan fingerprint density at radius 1 is 0.857 bits per heavy atom. The van der Waals surface area contributed by atoms with Crippen LogP contribution in [0.3, 0.4) is 0 Å². The van der Waals surface area contributed by atoms with Gasteiger partial charge >= 0.3 is 12.1 Å². The minimum atomic E-state index is -1.27. The van der Waals surface area contributed by atoms with Crippen molar-refractivity contribution in [2.75, 3.05) is 20.3 Å². The summed E-state index contributed by atoms with van der Waals surface area (Å²) < 4.78 is 10.6. The number of nitrogens with one attached hydrogen (secondary N) is 2.